The van der Waals surface area contributed by atoms with Gasteiger partial charge in [0, 0.05) is 18.5 Å². The van der Waals surface area contributed by atoms with E-state index in [1.165, 1.54) is 18.2 Å². The predicted molar refractivity (Wildman–Crippen MR) is 102 cm³/mol. The highest BCUT2D eigenvalue weighted by Gasteiger charge is 2.21. The molecule has 0 unspecified atom stereocenters. The zero-order chi connectivity index (χ0) is 14.5. The number of aliphatic imine (C=N–C) groups is 1. The van der Waals surface area contributed by atoms with Crippen LogP contribution in [0.15, 0.2) is 47.5 Å². The molecule has 0 amide bonds. The molecule has 2 aromatic carbocycles. The Hall–Kier alpha value is -1.50. The monoisotopic (exact) mass is 411 g/mol. The van der Waals surface area contributed by atoms with Crippen LogP contribution in [0.2, 0.25) is 0 Å². The molecule has 1 fully saturated rings. The SMILES string of the molecule is CN=C(NCCOc1cccc2ccccc12)NC1CC1.I. The lowest BCUT2D eigenvalue weighted by atomic mass is 10.1. The zero-order valence-electron chi connectivity index (χ0n) is 12.7. The Kier molecular flexibility index (Phi) is 6.30. The van der Waals surface area contributed by atoms with Crippen LogP contribution in [0.25, 0.3) is 10.8 Å². The number of rotatable bonds is 5. The molecule has 0 heterocycles. The smallest absolute Gasteiger partial charge is 0.191 e. The minimum Gasteiger partial charge on any atom is -0.491 e. The van der Waals surface area contributed by atoms with Crippen molar-refractivity contribution in [3.05, 3.63) is 42.5 Å². The van der Waals surface area contributed by atoms with Gasteiger partial charge in [-0.3, -0.25) is 4.99 Å². The van der Waals surface area contributed by atoms with Gasteiger partial charge >= 0.3 is 0 Å². The summed E-state index contributed by atoms with van der Waals surface area (Å²) in [5.74, 6) is 1.79. The number of guanidine groups is 1. The summed E-state index contributed by atoms with van der Waals surface area (Å²) < 4.78 is 5.89. The minimum atomic E-state index is 0. The average molecular weight is 411 g/mol. The van der Waals surface area contributed by atoms with E-state index in [1.807, 2.05) is 24.3 Å². The third-order valence-corrected chi connectivity index (χ3v) is 3.54. The largest absolute Gasteiger partial charge is 0.491 e. The van der Waals surface area contributed by atoms with Gasteiger partial charge in [-0.05, 0) is 24.3 Å². The topological polar surface area (TPSA) is 45.7 Å². The van der Waals surface area contributed by atoms with E-state index in [1.54, 1.807) is 7.05 Å². The molecule has 3 rings (SSSR count). The van der Waals surface area contributed by atoms with Crippen LogP contribution in [0.3, 0.4) is 0 Å². The van der Waals surface area contributed by atoms with Crippen LogP contribution in [0.5, 0.6) is 5.75 Å². The van der Waals surface area contributed by atoms with Crippen molar-refractivity contribution in [2.75, 3.05) is 20.2 Å². The molecule has 0 spiro atoms. The standard InChI is InChI=1S/C17H21N3O.HI/c1-18-17(20-14-9-10-14)19-11-12-21-16-8-4-6-13-5-2-3-7-15(13)16;/h2-8,14H,9-12H2,1H3,(H2,18,19,20);1H. The molecule has 1 saturated carbocycles. The van der Waals surface area contributed by atoms with Gasteiger partial charge in [0.25, 0.3) is 0 Å². The van der Waals surface area contributed by atoms with Crippen LogP contribution in [-0.4, -0.2) is 32.2 Å². The van der Waals surface area contributed by atoms with E-state index in [-0.39, 0.29) is 24.0 Å². The number of nitrogens with one attached hydrogen (secondary N) is 2. The Labute approximate surface area is 148 Å². The highest BCUT2D eigenvalue weighted by molar-refractivity contribution is 14.0. The normalized spacial score (nSPS) is 14.3. The van der Waals surface area contributed by atoms with Crippen molar-refractivity contribution in [2.45, 2.75) is 18.9 Å². The van der Waals surface area contributed by atoms with Crippen molar-refractivity contribution >= 4 is 40.7 Å². The zero-order valence-corrected chi connectivity index (χ0v) is 15.0. The molecule has 0 aromatic heterocycles. The lowest BCUT2D eigenvalue weighted by Crippen LogP contribution is -2.40. The third kappa shape index (κ3) is 4.50. The van der Waals surface area contributed by atoms with Crippen LogP contribution in [0, 0.1) is 0 Å². The summed E-state index contributed by atoms with van der Waals surface area (Å²) in [6, 6.07) is 15.0. The molecular formula is C17H22IN3O. The number of nitrogens with zero attached hydrogens (tertiary/aromatic N) is 1. The number of fused-ring (bicyclic) bond motifs is 1. The summed E-state index contributed by atoms with van der Waals surface area (Å²) in [5, 5.41) is 8.98. The van der Waals surface area contributed by atoms with Crippen LogP contribution in [0.1, 0.15) is 12.8 Å². The van der Waals surface area contributed by atoms with E-state index in [4.69, 9.17) is 4.74 Å². The molecule has 5 heteroatoms. The van der Waals surface area contributed by atoms with Gasteiger partial charge in [-0.15, -0.1) is 24.0 Å². The molecule has 0 atom stereocenters. The number of ether oxygens (including phenoxy) is 1. The van der Waals surface area contributed by atoms with Crippen LogP contribution < -0.4 is 15.4 Å². The molecule has 0 aliphatic heterocycles. The molecule has 0 bridgehead atoms. The van der Waals surface area contributed by atoms with Gasteiger partial charge in [0.05, 0.1) is 6.54 Å². The number of halogens is 1. The molecule has 1 aliphatic carbocycles. The van der Waals surface area contributed by atoms with Crippen molar-refractivity contribution in [2.24, 2.45) is 4.99 Å². The molecule has 0 saturated heterocycles. The lowest BCUT2D eigenvalue weighted by molar-refractivity contribution is 0.325. The molecule has 4 nitrogen and oxygen atoms in total. The van der Waals surface area contributed by atoms with Crippen molar-refractivity contribution < 1.29 is 4.74 Å². The van der Waals surface area contributed by atoms with Crippen LogP contribution >= 0.6 is 24.0 Å². The fourth-order valence-electron chi connectivity index (χ4n) is 2.27. The van der Waals surface area contributed by atoms with E-state index in [2.05, 4.69) is 33.8 Å². The van der Waals surface area contributed by atoms with Gasteiger partial charge in [-0.1, -0.05) is 36.4 Å². The summed E-state index contributed by atoms with van der Waals surface area (Å²) in [6.07, 6.45) is 2.49. The molecule has 22 heavy (non-hydrogen) atoms. The summed E-state index contributed by atoms with van der Waals surface area (Å²) in [4.78, 5) is 4.20. The summed E-state index contributed by atoms with van der Waals surface area (Å²) in [7, 11) is 1.79. The Morgan fingerprint density at radius 3 is 2.73 bits per heavy atom. The lowest BCUT2D eigenvalue weighted by Gasteiger charge is -2.12. The average Bonchev–Trinajstić information content (AvgIpc) is 3.34. The summed E-state index contributed by atoms with van der Waals surface area (Å²) >= 11 is 0. The Balaban J connectivity index is 0.00000176. The maximum atomic E-state index is 5.89. The Bertz CT molecular complexity index is 635. The van der Waals surface area contributed by atoms with Gasteiger partial charge < -0.3 is 15.4 Å². The molecule has 2 N–H and O–H groups in total. The fourth-order valence-corrected chi connectivity index (χ4v) is 2.27. The molecule has 0 radical (unpaired) electrons. The second kappa shape index (κ2) is 8.22. The van der Waals surface area contributed by atoms with E-state index in [0.717, 1.165) is 23.6 Å². The van der Waals surface area contributed by atoms with Gasteiger partial charge in [-0.25, -0.2) is 0 Å². The predicted octanol–water partition coefficient (Wildman–Crippen LogP) is 3.16. The van der Waals surface area contributed by atoms with Crippen molar-refractivity contribution in [1.82, 2.24) is 10.6 Å². The van der Waals surface area contributed by atoms with Gasteiger partial charge in [-0.2, -0.15) is 0 Å². The van der Waals surface area contributed by atoms with Crippen molar-refractivity contribution in [1.29, 1.82) is 0 Å². The number of hydrogen-bond donors (Lipinski definition) is 2. The van der Waals surface area contributed by atoms with Crippen molar-refractivity contribution in [3.8, 4) is 5.75 Å². The third-order valence-electron chi connectivity index (χ3n) is 3.54. The number of hydrogen-bond acceptors (Lipinski definition) is 2. The Morgan fingerprint density at radius 1 is 1.18 bits per heavy atom. The molecule has 2 aromatic rings. The second-order valence-corrected chi connectivity index (χ2v) is 5.24. The van der Waals surface area contributed by atoms with E-state index >= 15 is 0 Å². The van der Waals surface area contributed by atoms with E-state index in [9.17, 15) is 0 Å². The quantitative estimate of drug-likeness (QED) is 0.344. The summed E-state index contributed by atoms with van der Waals surface area (Å²) in [5.41, 5.74) is 0. The maximum Gasteiger partial charge on any atom is 0.191 e. The molecular weight excluding hydrogens is 389 g/mol. The van der Waals surface area contributed by atoms with E-state index < -0.39 is 0 Å². The van der Waals surface area contributed by atoms with Gasteiger partial charge in [0.15, 0.2) is 5.96 Å². The first-order valence-electron chi connectivity index (χ1n) is 7.44. The maximum absolute atomic E-state index is 5.89. The first kappa shape index (κ1) is 16.9. The molecule has 118 valence electrons. The van der Waals surface area contributed by atoms with Crippen LogP contribution in [-0.2, 0) is 0 Å². The van der Waals surface area contributed by atoms with E-state index in [0.29, 0.717) is 12.6 Å². The first-order valence-corrected chi connectivity index (χ1v) is 7.44. The minimum absolute atomic E-state index is 0. The number of benzene rings is 2. The summed E-state index contributed by atoms with van der Waals surface area (Å²) in [6.45, 7) is 1.34. The first-order chi connectivity index (χ1) is 10.4. The van der Waals surface area contributed by atoms with Gasteiger partial charge in [0.2, 0.25) is 0 Å². The highest BCUT2D eigenvalue weighted by atomic mass is 127. The second-order valence-electron chi connectivity index (χ2n) is 5.24. The fraction of sp³-hybridized carbons (Fsp3) is 0.353. The molecule has 1 aliphatic rings. The van der Waals surface area contributed by atoms with Crippen molar-refractivity contribution in [3.63, 3.8) is 0 Å². The van der Waals surface area contributed by atoms with Crippen LogP contribution in [0.4, 0.5) is 0 Å². The van der Waals surface area contributed by atoms with Gasteiger partial charge in [0.1, 0.15) is 12.4 Å². The highest BCUT2D eigenvalue weighted by Crippen LogP contribution is 2.24. The Morgan fingerprint density at radius 2 is 1.95 bits per heavy atom.